The number of halogens is 1. The normalized spacial score (nSPS) is 21.3. The number of ether oxygens (including phenoxy) is 2. The molecule has 0 saturated carbocycles. The first kappa shape index (κ1) is 26.1. The minimum atomic E-state index is -0.854. The number of nitriles is 1. The number of aromatic nitrogens is 1. The minimum Gasteiger partial charge on any atom is -0.408 e. The summed E-state index contributed by atoms with van der Waals surface area (Å²) in [5, 5.41) is 15.6. The van der Waals surface area contributed by atoms with Crippen LogP contribution < -0.4 is 16.4 Å². The van der Waals surface area contributed by atoms with Crippen molar-refractivity contribution in [2.75, 3.05) is 26.4 Å². The van der Waals surface area contributed by atoms with Crippen LogP contribution in [0.3, 0.4) is 0 Å². The van der Waals surface area contributed by atoms with Gasteiger partial charge < -0.3 is 24.5 Å². The third kappa shape index (κ3) is 5.50. The van der Waals surface area contributed by atoms with Crippen molar-refractivity contribution in [2.24, 2.45) is 5.92 Å². The number of rotatable bonds is 10. The van der Waals surface area contributed by atoms with Gasteiger partial charge in [0, 0.05) is 25.0 Å². The molecule has 1 amide bonds. The second-order valence-electron chi connectivity index (χ2n) is 9.87. The number of amides is 1. The van der Waals surface area contributed by atoms with Crippen LogP contribution in [0.1, 0.15) is 25.3 Å². The fourth-order valence-corrected chi connectivity index (χ4v) is 5.20. The zero-order valence-corrected chi connectivity index (χ0v) is 21.2. The van der Waals surface area contributed by atoms with Gasteiger partial charge in [-0.25, -0.2) is 9.18 Å². The molecule has 38 heavy (non-hydrogen) atoms. The van der Waals surface area contributed by atoms with Crippen LogP contribution in [0.4, 0.5) is 4.39 Å². The monoisotopic (exact) mass is 522 g/mol. The second kappa shape index (κ2) is 11.5. The lowest BCUT2D eigenvalue weighted by Crippen LogP contribution is -2.47. The SMILES string of the molecule is CCCOCCn1c(=O)oc2ccc(-c3ccc(CC(C#N)NC(=O)C4CC5COCC5N4)c(F)c3)cc21. The number of hydrogen-bond donors (Lipinski definition) is 2. The number of benzene rings is 2. The first-order valence-electron chi connectivity index (χ1n) is 13.0. The molecule has 0 spiro atoms. The highest BCUT2D eigenvalue weighted by molar-refractivity contribution is 5.83. The molecular formula is C28H31FN4O5. The summed E-state index contributed by atoms with van der Waals surface area (Å²) in [6.45, 7) is 4.60. The number of carbonyl (C=O) groups is 1. The number of oxazole rings is 1. The van der Waals surface area contributed by atoms with E-state index < -0.39 is 17.6 Å². The van der Waals surface area contributed by atoms with Gasteiger partial charge in [0.1, 0.15) is 11.9 Å². The molecule has 3 heterocycles. The van der Waals surface area contributed by atoms with Crippen molar-refractivity contribution in [2.45, 2.75) is 50.9 Å². The molecule has 2 saturated heterocycles. The van der Waals surface area contributed by atoms with E-state index in [1.54, 1.807) is 30.3 Å². The van der Waals surface area contributed by atoms with Crippen molar-refractivity contribution >= 4 is 17.0 Å². The Hall–Kier alpha value is -3.52. The largest absolute Gasteiger partial charge is 0.420 e. The van der Waals surface area contributed by atoms with E-state index in [1.807, 2.05) is 6.92 Å². The van der Waals surface area contributed by atoms with Crippen molar-refractivity contribution < 1.29 is 23.1 Å². The van der Waals surface area contributed by atoms with E-state index in [9.17, 15) is 14.9 Å². The molecule has 4 unspecified atom stereocenters. The summed E-state index contributed by atoms with van der Waals surface area (Å²) in [6, 6.07) is 11.1. The molecule has 2 N–H and O–H groups in total. The topological polar surface area (TPSA) is 119 Å². The molecule has 9 nitrogen and oxygen atoms in total. The molecule has 0 aliphatic carbocycles. The van der Waals surface area contributed by atoms with E-state index in [4.69, 9.17) is 13.9 Å². The van der Waals surface area contributed by atoms with Crippen LogP contribution in [0, 0.1) is 23.1 Å². The zero-order valence-electron chi connectivity index (χ0n) is 21.2. The van der Waals surface area contributed by atoms with Gasteiger partial charge in [0.05, 0.1) is 44.0 Å². The third-order valence-electron chi connectivity index (χ3n) is 7.23. The number of nitrogens with zero attached hydrogens (tertiary/aromatic N) is 2. The van der Waals surface area contributed by atoms with Crippen LogP contribution in [0.5, 0.6) is 0 Å². The highest BCUT2D eigenvalue weighted by Gasteiger charge is 2.41. The highest BCUT2D eigenvalue weighted by Crippen LogP contribution is 2.28. The van der Waals surface area contributed by atoms with E-state index in [-0.39, 0.29) is 24.4 Å². The first-order chi connectivity index (χ1) is 18.5. The van der Waals surface area contributed by atoms with Crippen LogP contribution in [0.15, 0.2) is 45.6 Å². The van der Waals surface area contributed by atoms with Crippen molar-refractivity contribution in [3.8, 4) is 17.2 Å². The van der Waals surface area contributed by atoms with Crippen LogP contribution >= 0.6 is 0 Å². The molecule has 2 aromatic carbocycles. The number of nitrogens with one attached hydrogen (secondary N) is 2. The highest BCUT2D eigenvalue weighted by atomic mass is 19.1. The van der Waals surface area contributed by atoms with Gasteiger partial charge in [0.25, 0.3) is 0 Å². The first-order valence-corrected chi connectivity index (χ1v) is 13.0. The maximum absolute atomic E-state index is 15.1. The molecular weight excluding hydrogens is 491 g/mol. The molecule has 200 valence electrons. The fraction of sp³-hybridized carbons (Fsp3) is 0.464. The third-order valence-corrected chi connectivity index (χ3v) is 7.23. The van der Waals surface area contributed by atoms with Gasteiger partial charge in [-0.15, -0.1) is 0 Å². The summed E-state index contributed by atoms with van der Waals surface area (Å²) >= 11 is 0. The molecule has 1 aromatic heterocycles. The van der Waals surface area contributed by atoms with Crippen molar-refractivity contribution in [3.63, 3.8) is 0 Å². The zero-order chi connectivity index (χ0) is 26.6. The van der Waals surface area contributed by atoms with E-state index in [1.165, 1.54) is 10.6 Å². The van der Waals surface area contributed by atoms with Crippen molar-refractivity contribution in [1.29, 1.82) is 5.26 Å². The Bertz CT molecular complexity index is 1400. The predicted octanol–water partition coefficient (Wildman–Crippen LogP) is 2.75. The molecule has 0 bridgehead atoms. The maximum Gasteiger partial charge on any atom is 0.420 e. The average Bonchev–Trinajstić information content (AvgIpc) is 3.60. The second-order valence-corrected chi connectivity index (χ2v) is 9.87. The quantitative estimate of drug-likeness (QED) is 0.393. The van der Waals surface area contributed by atoms with E-state index in [2.05, 4.69) is 16.7 Å². The molecule has 2 aliphatic heterocycles. The van der Waals surface area contributed by atoms with Crippen LogP contribution in [-0.4, -0.2) is 55.0 Å². The predicted molar refractivity (Wildman–Crippen MR) is 138 cm³/mol. The number of carbonyl (C=O) groups excluding carboxylic acids is 1. The van der Waals surface area contributed by atoms with Gasteiger partial charge >= 0.3 is 5.76 Å². The van der Waals surface area contributed by atoms with E-state index >= 15 is 4.39 Å². The van der Waals surface area contributed by atoms with E-state index in [0.29, 0.717) is 67.5 Å². The van der Waals surface area contributed by atoms with Crippen LogP contribution in [0.2, 0.25) is 0 Å². The molecule has 5 rings (SSSR count). The summed E-state index contributed by atoms with van der Waals surface area (Å²) in [7, 11) is 0. The Morgan fingerprint density at radius 2 is 2.08 bits per heavy atom. The lowest BCUT2D eigenvalue weighted by Gasteiger charge is -2.17. The molecule has 4 atom stereocenters. The molecule has 3 aromatic rings. The van der Waals surface area contributed by atoms with Crippen molar-refractivity contribution in [3.05, 3.63) is 58.3 Å². The molecule has 2 fully saturated rings. The Kier molecular flexibility index (Phi) is 7.88. The maximum atomic E-state index is 15.1. The van der Waals surface area contributed by atoms with Crippen LogP contribution in [-0.2, 0) is 27.2 Å². The summed E-state index contributed by atoms with van der Waals surface area (Å²) < 4.78 is 32.9. The summed E-state index contributed by atoms with van der Waals surface area (Å²) in [4.78, 5) is 25.0. The molecule has 10 heteroatoms. The summed E-state index contributed by atoms with van der Waals surface area (Å²) in [5.74, 6) is -0.878. The average molecular weight is 523 g/mol. The Morgan fingerprint density at radius 3 is 2.84 bits per heavy atom. The van der Waals surface area contributed by atoms with E-state index in [0.717, 1.165) is 12.0 Å². The standard InChI is InChI=1S/C28H31FN4O5/c1-2-8-36-9-7-33-25-13-18(5-6-26(25)38-28(33)35)17-3-4-19(22(29)11-17)10-21(14-30)31-27(34)23-12-20-15-37-16-24(20)32-23/h3-6,11,13,20-21,23-24,32H,2,7-10,12,15-16H2,1H3,(H,31,34). The van der Waals surface area contributed by atoms with Gasteiger partial charge in [0.2, 0.25) is 5.91 Å². The Morgan fingerprint density at radius 1 is 1.26 bits per heavy atom. The lowest BCUT2D eigenvalue weighted by atomic mass is 9.99. The number of fused-ring (bicyclic) bond motifs is 2. The summed E-state index contributed by atoms with van der Waals surface area (Å²) in [6.07, 6.45) is 1.61. The van der Waals surface area contributed by atoms with Crippen LogP contribution in [0.25, 0.3) is 22.2 Å². The lowest BCUT2D eigenvalue weighted by molar-refractivity contribution is -0.123. The number of hydrogen-bond acceptors (Lipinski definition) is 7. The minimum absolute atomic E-state index is 0.0507. The van der Waals surface area contributed by atoms with Crippen molar-refractivity contribution in [1.82, 2.24) is 15.2 Å². The molecule has 2 aliphatic rings. The Labute approximate surface area is 219 Å². The van der Waals surface area contributed by atoms with Gasteiger partial charge in [-0.3, -0.25) is 9.36 Å². The van der Waals surface area contributed by atoms with Gasteiger partial charge in [-0.1, -0.05) is 25.1 Å². The Balaban J connectivity index is 1.27. The summed E-state index contributed by atoms with van der Waals surface area (Å²) in [5.41, 5.74) is 2.74. The fourth-order valence-electron chi connectivity index (χ4n) is 5.20. The van der Waals surface area contributed by atoms with Gasteiger partial charge in [-0.05, 0) is 47.7 Å². The van der Waals surface area contributed by atoms with Gasteiger partial charge in [0.15, 0.2) is 5.58 Å². The smallest absolute Gasteiger partial charge is 0.408 e. The molecule has 0 radical (unpaired) electrons. The van der Waals surface area contributed by atoms with Gasteiger partial charge in [-0.2, -0.15) is 5.26 Å².